The van der Waals surface area contributed by atoms with E-state index in [1.807, 2.05) is 24.3 Å². The van der Waals surface area contributed by atoms with Crippen LogP contribution in [0.4, 0.5) is 0 Å². The Morgan fingerprint density at radius 2 is 1.85 bits per heavy atom. The van der Waals surface area contributed by atoms with Crippen LogP contribution in [0.2, 0.25) is 0 Å². The van der Waals surface area contributed by atoms with Crippen molar-refractivity contribution in [3.63, 3.8) is 0 Å². The molecule has 142 valence electrons. The fourth-order valence-corrected chi connectivity index (χ4v) is 4.02. The molecule has 1 aromatic heterocycles. The molecule has 0 N–H and O–H groups in total. The van der Waals surface area contributed by atoms with Gasteiger partial charge in [-0.25, -0.2) is 12.7 Å². The van der Waals surface area contributed by atoms with Gasteiger partial charge in [-0.05, 0) is 17.7 Å². The third-order valence-electron chi connectivity index (χ3n) is 3.74. The fourth-order valence-electron chi connectivity index (χ4n) is 2.41. The van der Waals surface area contributed by atoms with Crippen LogP contribution in [0.25, 0.3) is 0 Å². The molecule has 0 atom stereocenters. The normalized spacial score (nSPS) is 11.7. The van der Waals surface area contributed by atoms with E-state index in [2.05, 4.69) is 21.0 Å². The number of carbonyl (C=O) groups excluding carboxylic acids is 1. The number of hydrogen-bond acceptors (Lipinski definition) is 5. The lowest BCUT2D eigenvalue weighted by Crippen LogP contribution is -2.35. The highest BCUT2D eigenvalue weighted by molar-refractivity contribution is 9.10. The molecular weight excluding hydrogens is 422 g/mol. The smallest absolute Gasteiger partial charge is 0.322 e. The van der Waals surface area contributed by atoms with E-state index in [1.54, 1.807) is 30.9 Å². The molecule has 2 rings (SSSR count). The van der Waals surface area contributed by atoms with Crippen LogP contribution in [0.5, 0.6) is 0 Å². The predicted octanol–water partition coefficient (Wildman–Crippen LogP) is 2.41. The average molecular weight is 444 g/mol. The van der Waals surface area contributed by atoms with Gasteiger partial charge in [-0.1, -0.05) is 41.9 Å². The maximum atomic E-state index is 12.1. The lowest BCUT2D eigenvalue weighted by atomic mass is 10.2. The molecule has 9 heteroatoms. The number of ether oxygens (including phenoxy) is 1. The first kappa shape index (κ1) is 20.6. The number of halogens is 1. The molecule has 1 aromatic carbocycles. The maximum Gasteiger partial charge on any atom is 0.322 e. The van der Waals surface area contributed by atoms with E-state index >= 15 is 0 Å². The summed E-state index contributed by atoms with van der Waals surface area (Å²) in [6.07, 6.45) is 3.37. The topological polar surface area (TPSA) is 81.5 Å². The molecule has 1 heterocycles. The molecule has 0 saturated heterocycles. The SMILES string of the molecule is CCN(CC)S(=O)(=O)CC(=O)OCc1cnn(Cc2ccc(Br)cc2)c1. The molecule has 26 heavy (non-hydrogen) atoms. The Hall–Kier alpha value is -1.71. The minimum absolute atomic E-state index is 0.00700. The number of benzene rings is 1. The number of esters is 1. The third kappa shape index (κ3) is 5.93. The largest absolute Gasteiger partial charge is 0.460 e. The summed E-state index contributed by atoms with van der Waals surface area (Å²) >= 11 is 3.39. The maximum absolute atomic E-state index is 12.1. The Morgan fingerprint density at radius 3 is 2.46 bits per heavy atom. The van der Waals surface area contributed by atoms with Gasteiger partial charge in [-0.15, -0.1) is 0 Å². The first-order chi connectivity index (χ1) is 12.3. The Bertz CT molecular complexity index is 830. The van der Waals surface area contributed by atoms with Crippen LogP contribution in [0.15, 0.2) is 41.1 Å². The molecule has 0 aliphatic heterocycles. The van der Waals surface area contributed by atoms with Crippen LogP contribution in [0.1, 0.15) is 25.0 Å². The second kappa shape index (κ2) is 9.29. The highest BCUT2D eigenvalue weighted by Gasteiger charge is 2.23. The summed E-state index contributed by atoms with van der Waals surface area (Å²) in [5.41, 5.74) is 1.79. The van der Waals surface area contributed by atoms with Crippen LogP contribution in [-0.2, 0) is 32.7 Å². The third-order valence-corrected chi connectivity index (χ3v) is 6.18. The molecule has 0 fully saturated rings. The first-order valence-corrected chi connectivity index (χ1v) is 10.6. The molecular formula is C17H22BrN3O4S. The number of sulfonamides is 1. The first-order valence-electron chi connectivity index (χ1n) is 8.23. The van der Waals surface area contributed by atoms with E-state index in [4.69, 9.17) is 4.74 Å². The summed E-state index contributed by atoms with van der Waals surface area (Å²) in [6.45, 7) is 4.70. The van der Waals surface area contributed by atoms with Gasteiger partial charge in [0, 0.05) is 29.3 Å². The minimum Gasteiger partial charge on any atom is -0.460 e. The van der Waals surface area contributed by atoms with E-state index in [-0.39, 0.29) is 6.61 Å². The number of hydrogen-bond donors (Lipinski definition) is 0. The summed E-state index contributed by atoms with van der Waals surface area (Å²) in [5.74, 6) is -1.42. The fraction of sp³-hybridized carbons (Fsp3) is 0.412. The molecule has 0 bridgehead atoms. The minimum atomic E-state index is -3.63. The van der Waals surface area contributed by atoms with E-state index in [1.165, 1.54) is 4.31 Å². The Morgan fingerprint density at radius 1 is 1.19 bits per heavy atom. The lowest BCUT2D eigenvalue weighted by Gasteiger charge is -2.17. The second-order valence-corrected chi connectivity index (χ2v) is 8.56. The zero-order valence-corrected chi connectivity index (χ0v) is 17.2. The zero-order chi connectivity index (χ0) is 19.2. The van der Waals surface area contributed by atoms with E-state index in [0.717, 1.165) is 10.0 Å². The standard InChI is InChI=1S/C17H22BrN3O4S/c1-3-21(4-2)26(23,24)13-17(22)25-12-15-9-19-20(11-15)10-14-5-7-16(18)8-6-14/h5-9,11H,3-4,10,12-13H2,1-2H3. The van der Waals surface area contributed by atoms with Crippen molar-refractivity contribution in [2.24, 2.45) is 0 Å². The second-order valence-electron chi connectivity index (χ2n) is 5.67. The number of aromatic nitrogens is 2. The summed E-state index contributed by atoms with van der Waals surface area (Å²) in [5, 5.41) is 4.23. The van der Waals surface area contributed by atoms with Crippen LogP contribution in [0.3, 0.4) is 0 Å². The van der Waals surface area contributed by atoms with Crippen LogP contribution >= 0.6 is 15.9 Å². The van der Waals surface area contributed by atoms with Crippen molar-refractivity contribution in [2.45, 2.75) is 27.0 Å². The lowest BCUT2D eigenvalue weighted by molar-refractivity contribution is -0.141. The van der Waals surface area contributed by atoms with Crippen LogP contribution < -0.4 is 0 Å². The van der Waals surface area contributed by atoms with Crippen molar-refractivity contribution in [2.75, 3.05) is 18.8 Å². The van der Waals surface area contributed by atoms with Crippen molar-refractivity contribution < 1.29 is 17.9 Å². The van der Waals surface area contributed by atoms with Crippen molar-refractivity contribution in [3.8, 4) is 0 Å². The van der Waals surface area contributed by atoms with Crippen molar-refractivity contribution >= 4 is 31.9 Å². The van der Waals surface area contributed by atoms with Crippen molar-refractivity contribution in [1.82, 2.24) is 14.1 Å². The highest BCUT2D eigenvalue weighted by Crippen LogP contribution is 2.12. The summed E-state index contributed by atoms with van der Waals surface area (Å²) in [7, 11) is -3.63. The van der Waals surface area contributed by atoms with Gasteiger partial charge < -0.3 is 4.74 Å². The number of nitrogens with zero attached hydrogens (tertiary/aromatic N) is 3. The predicted molar refractivity (Wildman–Crippen MR) is 102 cm³/mol. The summed E-state index contributed by atoms with van der Waals surface area (Å²) in [4.78, 5) is 11.8. The van der Waals surface area contributed by atoms with Gasteiger partial charge in [0.15, 0.2) is 5.75 Å². The molecule has 2 aromatic rings. The molecule has 0 unspecified atom stereocenters. The summed E-state index contributed by atoms with van der Waals surface area (Å²) in [6, 6.07) is 7.89. The van der Waals surface area contributed by atoms with Crippen LogP contribution in [-0.4, -0.2) is 47.3 Å². The van der Waals surface area contributed by atoms with Crippen molar-refractivity contribution in [1.29, 1.82) is 0 Å². The Balaban J connectivity index is 1.87. The monoisotopic (exact) mass is 443 g/mol. The average Bonchev–Trinajstić information content (AvgIpc) is 3.03. The van der Waals surface area contributed by atoms with E-state index < -0.39 is 21.7 Å². The van der Waals surface area contributed by atoms with E-state index in [0.29, 0.717) is 25.2 Å². The Kier molecular flexibility index (Phi) is 7.36. The molecule has 0 spiro atoms. The van der Waals surface area contributed by atoms with Crippen molar-refractivity contribution in [3.05, 3.63) is 52.3 Å². The molecule has 7 nitrogen and oxygen atoms in total. The highest BCUT2D eigenvalue weighted by atomic mass is 79.9. The number of carbonyl (C=O) groups is 1. The van der Waals surface area contributed by atoms with Gasteiger partial charge in [0.05, 0.1) is 12.7 Å². The molecule has 0 aliphatic rings. The molecule has 0 amide bonds. The molecule has 0 radical (unpaired) electrons. The van der Waals surface area contributed by atoms with Gasteiger partial charge in [0.2, 0.25) is 10.0 Å². The zero-order valence-electron chi connectivity index (χ0n) is 14.8. The van der Waals surface area contributed by atoms with Gasteiger partial charge in [0.1, 0.15) is 6.61 Å². The van der Waals surface area contributed by atoms with Crippen LogP contribution in [0, 0.1) is 0 Å². The Labute approximate surface area is 162 Å². The summed E-state index contributed by atoms with van der Waals surface area (Å²) < 4.78 is 33.2. The van der Waals surface area contributed by atoms with E-state index in [9.17, 15) is 13.2 Å². The number of rotatable bonds is 9. The van der Waals surface area contributed by atoms with Gasteiger partial charge in [-0.2, -0.15) is 5.10 Å². The van der Waals surface area contributed by atoms with Gasteiger partial charge >= 0.3 is 5.97 Å². The van der Waals surface area contributed by atoms with Gasteiger partial charge in [0.25, 0.3) is 0 Å². The molecule has 0 saturated carbocycles. The quantitative estimate of drug-likeness (QED) is 0.555. The molecule has 0 aliphatic carbocycles. The van der Waals surface area contributed by atoms with Gasteiger partial charge in [-0.3, -0.25) is 9.48 Å².